The first-order valence-electron chi connectivity index (χ1n) is 9.46. The third-order valence-corrected chi connectivity index (χ3v) is 4.89. The highest BCUT2D eigenvalue weighted by atomic mass is 127. The van der Waals surface area contributed by atoms with Gasteiger partial charge in [-0.15, -0.1) is 24.0 Å². The van der Waals surface area contributed by atoms with Gasteiger partial charge in [0.25, 0.3) is 0 Å². The minimum absolute atomic E-state index is 0. The van der Waals surface area contributed by atoms with Crippen LogP contribution in [0.25, 0.3) is 0 Å². The predicted octanol–water partition coefficient (Wildman–Crippen LogP) is 2.61. The van der Waals surface area contributed by atoms with Crippen LogP contribution in [0.5, 0.6) is 5.75 Å². The van der Waals surface area contributed by atoms with Crippen LogP contribution in [0.3, 0.4) is 0 Å². The van der Waals surface area contributed by atoms with Crippen molar-refractivity contribution in [1.29, 1.82) is 0 Å². The van der Waals surface area contributed by atoms with Crippen molar-refractivity contribution >= 4 is 29.9 Å². The SMILES string of the molecule is CN=C(NCC(C)N1CCOCC1C)N(C)CCOc1ccccc1C.I. The Morgan fingerprint density at radius 2 is 2.19 bits per heavy atom. The molecule has 1 aliphatic rings. The summed E-state index contributed by atoms with van der Waals surface area (Å²) in [7, 11) is 3.86. The van der Waals surface area contributed by atoms with Crippen LogP contribution in [0.4, 0.5) is 0 Å². The van der Waals surface area contributed by atoms with Crippen LogP contribution in [-0.4, -0.2) is 81.4 Å². The second kappa shape index (κ2) is 12.4. The molecule has 0 radical (unpaired) electrons. The fraction of sp³-hybridized carbons (Fsp3) is 0.650. The van der Waals surface area contributed by atoms with E-state index in [9.17, 15) is 0 Å². The first-order chi connectivity index (χ1) is 12.5. The molecule has 0 saturated carbocycles. The van der Waals surface area contributed by atoms with E-state index in [2.05, 4.69) is 46.9 Å². The number of guanidine groups is 1. The minimum atomic E-state index is 0. The van der Waals surface area contributed by atoms with Gasteiger partial charge in [0.05, 0.1) is 19.8 Å². The van der Waals surface area contributed by atoms with Gasteiger partial charge in [-0.05, 0) is 32.4 Å². The van der Waals surface area contributed by atoms with Crippen LogP contribution in [0.1, 0.15) is 19.4 Å². The van der Waals surface area contributed by atoms with E-state index in [4.69, 9.17) is 9.47 Å². The maximum Gasteiger partial charge on any atom is 0.193 e. The molecule has 154 valence electrons. The number of para-hydroxylation sites is 1. The topological polar surface area (TPSA) is 49.3 Å². The molecule has 27 heavy (non-hydrogen) atoms. The maximum absolute atomic E-state index is 5.89. The summed E-state index contributed by atoms with van der Waals surface area (Å²) in [5.41, 5.74) is 1.16. The van der Waals surface area contributed by atoms with Crippen molar-refractivity contribution in [1.82, 2.24) is 15.1 Å². The Bertz CT molecular complexity index is 585. The normalized spacial score (nSPS) is 19.1. The Kier molecular flexibility index (Phi) is 11.0. The average Bonchev–Trinajstić information content (AvgIpc) is 2.64. The Labute approximate surface area is 181 Å². The van der Waals surface area contributed by atoms with Crippen molar-refractivity contribution in [3.8, 4) is 5.75 Å². The molecule has 6 nitrogen and oxygen atoms in total. The van der Waals surface area contributed by atoms with E-state index in [0.29, 0.717) is 18.7 Å². The molecule has 0 aliphatic carbocycles. The minimum Gasteiger partial charge on any atom is -0.491 e. The molecule has 0 amide bonds. The van der Waals surface area contributed by atoms with Crippen LogP contribution in [0.15, 0.2) is 29.3 Å². The molecular weight excluding hydrogens is 455 g/mol. The molecule has 2 atom stereocenters. The number of nitrogens with one attached hydrogen (secondary N) is 1. The summed E-state index contributed by atoms with van der Waals surface area (Å²) < 4.78 is 11.4. The Balaban J connectivity index is 0.00000364. The monoisotopic (exact) mass is 490 g/mol. The second-order valence-electron chi connectivity index (χ2n) is 6.97. The summed E-state index contributed by atoms with van der Waals surface area (Å²) >= 11 is 0. The summed E-state index contributed by atoms with van der Waals surface area (Å²) in [6.45, 7) is 11.4. The van der Waals surface area contributed by atoms with Gasteiger partial charge in [0.15, 0.2) is 5.96 Å². The van der Waals surface area contributed by atoms with E-state index in [0.717, 1.165) is 50.1 Å². The van der Waals surface area contributed by atoms with Crippen molar-refractivity contribution in [3.05, 3.63) is 29.8 Å². The molecule has 2 unspecified atom stereocenters. The maximum atomic E-state index is 5.89. The quantitative estimate of drug-likeness (QED) is 0.362. The van der Waals surface area contributed by atoms with Crippen LogP contribution >= 0.6 is 24.0 Å². The molecular formula is C20H35IN4O2. The highest BCUT2D eigenvalue weighted by molar-refractivity contribution is 14.0. The number of likely N-dealkylation sites (N-methyl/N-ethyl adjacent to an activating group) is 1. The fourth-order valence-corrected chi connectivity index (χ4v) is 3.25. The zero-order valence-electron chi connectivity index (χ0n) is 17.3. The van der Waals surface area contributed by atoms with E-state index in [1.54, 1.807) is 0 Å². The van der Waals surface area contributed by atoms with Crippen molar-refractivity contribution in [2.75, 3.05) is 53.6 Å². The fourth-order valence-electron chi connectivity index (χ4n) is 3.25. The number of ether oxygens (including phenoxy) is 2. The zero-order chi connectivity index (χ0) is 18.9. The lowest BCUT2D eigenvalue weighted by Crippen LogP contribution is -2.53. The first kappa shape index (κ1) is 24.0. The third kappa shape index (κ3) is 7.46. The van der Waals surface area contributed by atoms with Gasteiger partial charge in [-0.3, -0.25) is 9.89 Å². The smallest absolute Gasteiger partial charge is 0.193 e. The first-order valence-corrected chi connectivity index (χ1v) is 9.46. The zero-order valence-corrected chi connectivity index (χ0v) is 19.6. The number of hydrogen-bond donors (Lipinski definition) is 1. The molecule has 2 rings (SSSR count). The van der Waals surface area contributed by atoms with Crippen molar-refractivity contribution in [2.24, 2.45) is 4.99 Å². The largest absolute Gasteiger partial charge is 0.491 e. The third-order valence-electron chi connectivity index (χ3n) is 4.89. The van der Waals surface area contributed by atoms with Crippen LogP contribution in [-0.2, 0) is 4.74 Å². The van der Waals surface area contributed by atoms with Crippen LogP contribution in [0.2, 0.25) is 0 Å². The lowest BCUT2D eigenvalue weighted by molar-refractivity contribution is -0.0175. The molecule has 7 heteroatoms. The molecule has 0 spiro atoms. The predicted molar refractivity (Wildman–Crippen MR) is 123 cm³/mol. The number of benzene rings is 1. The molecule has 1 fully saturated rings. The summed E-state index contributed by atoms with van der Waals surface area (Å²) in [5.74, 6) is 1.84. The summed E-state index contributed by atoms with van der Waals surface area (Å²) in [6, 6.07) is 8.99. The molecule has 1 heterocycles. The van der Waals surface area contributed by atoms with E-state index >= 15 is 0 Å². The number of rotatable bonds is 7. The van der Waals surface area contributed by atoms with Crippen molar-refractivity contribution in [2.45, 2.75) is 32.9 Å². The summed E-state index contributed by atoms with van der Waals surface area (Å²) in [4.78, 5) is 9.00. The number of aliphatic imine (C=N–C) groups is 1. The molecule has 1 N–H and O–H groups in total. The molecule has 0 aromatic heterocycles. The molecule has 1 saturated heterocycles. The summed E-state index contributed by atoms with van der Waals surface area (Å²) in [5, 5.41) is 3.48. The van der Waals surface area contributed by atoms with Gasteiger partial charge in [-0.1, -0.05) is 18.2 Å². The van der Waals surface area contributed by atoms with Gasteiger partial charge in [0, 0.05) is 39.3 Å². The average molecular weight is 490 g/mol. The van der Waals surface area contributed by atoms with E-state index in [1.165, 1.54) is 0 Å². The van der Waals surface area contributed by atoms with E-state index in [-0.39, 0.29) is 24.0 Å². The van der Waals surface area contributed by atoms with Gasteiger partial charge in [0.1, 0.15) is 12.4 Å². The van der Waals surface area contributed by atoms with E-state index < -0.39 is 0 Å². The summed E-state index contributed by atoms with van der Waals surface area (Å²) in [6.07, 6.45) is 0. The van der Waals surface area contributed by atoms with Gasteiger partial charge in [0.2, 0.25) is 0 Å². The molecule has 1 aliphatic heterocycles. The molecule has 0 bridgehead atoms. The Morgan fingerprint density at radius 3 is 2.85 bits per heavy atom. The van der Waals surface area contributed by atoms with E-state index in [1.807, 2.05) is 32.3 Å². The van der Waals surface area contributed by atoms with Gasteiger partial charge >= 0.3 is 0 Å². The molecule has 1 aromatic rings. The highest BCUT2D eigenvalue weighted by Crippen LogP contribution is 2.15. The molecule has 1 aromatic carbocycles. The van der Waals surface area contributed by atoms with Crippen LogP contribution < -0.4 is 10.1 Å². The Morgan fingerprint density at radius 1 is 1.44 bits per heavy atom. The second-order valence-corrected chi connectivity index (χ2v) is 6.97. The number of halogens is 1. The Hall–Kier alpha value is -1.06. The van der Waals surface area contributed by atoms with Crippen molar-refractivity contribution < 1.29 is 9.47 Å². The lowest BCUT2D eigenvalue weighted by atomic mass is 10.2. The van der Waals surface area contributed by atoms with Crippen molar-refractivity contribution in [3.63, 3.8) is 0 Å². The highest BCUT2D eigenvalue weighted by Gasteiger charge is 2.23. The van der Waals surface area contributed by atoms with Gasteiger partial charge in [-0.25, -0.2) is 0 Å². The van der Waals surface area contributed by atoms with Gasteiger partial charge < -0.3 is 19.7 Å². The number of morpholine rings is 1. The lowest BCUT2D eigenvalue weighted by Gasteiger charge is -2.38. The number of aryl methyl sites for hydroxylation is 1. The standard InChI is InChI=1S/C20H34N4O2.HI/c1-16-8-6-7-9-19(16)26-13-10-23(5)20(21-4)22-14-17(2)24-11-12-25-15-18(24)3;/h6-9,17-18H,10-15H2,1-5H3,(H,21,22);1H. The van der Waals surface area contributed by atoms with Crippen LogP contribution in [0, 0.1) is 6.92 Å². The number of hydrogen-bond acceptors (Lipinski definition) is 4. The number of nitrogens with zero attached hydrogens (tertiary/aromatic N) is 3. The van der Waals surface area contributed by atoms with Gasteiger partial charge in [-0.2, -0.15) is 0 Å².